The SMILES string of the molecule is O=C(O)N1CCC(C(O)O)C1. The summed E-state index contributed by atoms with van der Waals surface area (Å²) in [7, 11) is 0. The van der Waals surface area contributed by atoms with E-state index in [1.165, 1.54) is 4.90 Å². The van der Waals surface area contributed by atoms with Gasteiger partial charge in [0.15, 0.2) is 6.29 Å². The van der Waals surface area contributed by atoms with E-state index in [1.807, 2.05) is 0 Å². The number of amides is 1. The molecule has 1 saturated heterocycles. The van der Waals surface area contributed by atoms with Gasteiger partial charge in [0.2, 0.25) is 0 Å². The van der Waals surface area contributed by atoms with E-state index in [-0.39, 0.29) is 12.5 Å². The number of aliphatic hydroxyl groups is 2. The highest BCUT2D eigenvalue weighted by Crippen LogP contribution is 2.18. The fourth-order valence-corrected chi connectivity index (χ4v) is 1.20. The number of rotatable bonds is 1. The summed E-state index contributed by atoms with van der Waals surface area (Å²) in [6, 6.07) is 0. The molecule has 1 fully saturated rings. The van der Waals surface area contributed by atoms with Gasteiger partial charge >= 0.3 is 6.09 Å². The summed E-state index contributed by atoms with van der Waals surface area (Å²) < 4.78 is 0. The second-order valence-corrected chi connectivity index (χ2v) is 2.69. The lowest BCUT2D eigenvalue weighted by molar-refractivity contribution is -0.0794. The zero-order chi connectivity index (χ0) is 8.43. The fourth-order valence-electron chi connectivity index (χ4n) is 1.20. The summed E-state index contributed by atoms with van der Waals surface area (Å²) in [5, 5.41) is 25.9. The van der Waals surface area contributed by atoms with Gasteiger partial charge in [0.25, 0.3) is 0 Å². The molecule has 0 spiro atoms. The highest BCUT2D eigenvalue weighted by molar-refractivity contribution is 5.65. The third-order valence-electron chi connectivity index (χ3n) is 1.92. The van der Waals surface area contributed by atoms with Crippen LogP contribution in [0.5, 0.6) is 0 Å². The third-order valence-corrected chi connectivity index (χ3v) is 1.92. The first kappa shape index (κ1) is 8.29. The molecule has 1 rings (SSSR count). The standard InChI is InChI=1S/C6H11NO4/c8-5(9)4-1-2-7(3-4)6(10)11/h4-5,8-9H,1-3H2,(H,10,11). The maximum Gasteiger partial charge on any atom is 0.407 e. The average molecular weight is 161 g/mol. The molecule has 3 N–H and O–H groups in total. The second kappa shape index (κ2) is 3.06. The molecule has 0 saturated carbocycles. The van der Waals surface area contributed by atoms with Crippen molar-refractivity contribution in [3.63, 3.8) is 0 Å². The largest absolute Gasteiger partial charge is 0.465 e. The molecule has 11 heavy (non-hydrogen) atoms. The first-order chi connectivity index (χ1) is 5.11. The Labute approximate surface area is 63.9 Å². The van der Waals surface area contributed by atoms with E-state index in [0.29, 0.717) is 13.0 Å². The molecule has 1 aliphatic rings. The summed E-state index contributed by atoms with van der Waals surface area (Å²) in [5.74, 6) is -0.314. The molecular formula is C6H11NO4. The number of hydrogen-bond donors (Lipinski definition) is 3. The van der Waals surface area contributed by atoms with Crippen LogP contribution in [0.15, 0.2) is 0 Å². The van der Waals surface area contributed by atoms with Crippen LogP contribution in [0.2, 0.25) is 0 Å². The zero-order valence-corrected chi connectivity index (χ0v) is 5.97. The van der Waals surface area contributed by atoms with Crippen molar-refractivity contribution in [2.24, 2.45) is 5.92 Å². The van der Waals surface area contributed by atoms with Gasteiger partial charge in [-0.2, -0.15) is 0 Å². The molecule has 1 aliphatic heterocycles. The molecule has 0 aromatic carbocycles. The van der Waals surface area contributed by atoms with E-state index in [4.69, 9.17) is 15.3 Å². The molecule has 5 heteroatoms. The number of nitrogens with zero attached hydrogens (tertiary/aromatic N) is 1. The van der Waals surface area contributed by atoms with Crippen LogP contribution < -0.4 is 0 Å². The number of hydrogen-bond acceptors (Lipinski definition) is 3. The van der Waals surface area contributed by atoms with Gasteiger partial charge in [-0.1, -0.05) is 0 Å². The van der Waals surface area contributed by atoms with Crippen LogP contribution in [0.25, 0.3) is 0 Å². The van der Waals surface area contributed by atoms with Crippen molar-refractivity contribution < 1.29 is 20.1 Å². The smallest absolute Gasteiger partial charge is 0.407 e. The fraction of sp³-hybridized carbons (Fsp3) is 0.833. The Balaban J connectivity index is 2.41. The molecule has 64 valence electrons. The van der Waals surface area contributed by atoms with E-state index in [0.717, 1.165) is 0 Å². The van der Waals surface area contributed by atoms with E-state index in [9.17, 15) is 4.79 Å². The Morgan fingerprint density at radius 1 is 1.55 bits per heavy atom. The molecule has 1 atom stereocenters. The quantitative estimate of drug-likeness (QED) is 0.444. The van der Waals surface area contributed by atoms with E-state index < -0.39 is 12.4 Å². The van der Waals surface area contributed by atoms with Crippen molar-refractivity contribution in [3.8, 4) is 0 Å². The lowest BCUT2D eigenvalue weighted by atomic mass is 10.1. The number of likely N-dealkylation sites (tertiary alicyclic amines) is 1. The van der Waals surface area contributed by atoms with Crippen LogP contribution in [-0.4, -0.2) is 45.7 Å². The Kier molecular flexibility index (Phi) is 2.31. The maximum absolute atomic E-state index is 10.3. The van der Waals surface area contributed by atoms with Crippen LogP contribution in [0.3, 0.4) is 0 Å². The van der Waals surface area contributed by atoms with E-state index in [2.05, 4.69) is 0 Å². The van der Waals surface area contributed by atoms with Gasteiger partial charge in [-0.15, -0.1) is 0 Å². The lowest BCUT2D eigenvalue weighted by Crippen LogP contribution is -2.29. The van der Waals surface area contributed by atoms with Crippen molar-refractivity contribution in [1.82, 2.24) is 4.90 Å². The lowest BCUT2D eigenvalue weighted by Gasteiger charge is -2.12. The molecule has 0 aromatic heterocycles. The van der Waals surface area contributed by atoms with E-state index in [1.54, 1.807) is 0 Å². The van der Waals surface area contributed by atoms with Gasteiger partial charge in [0.05, 0.1) is 0 Å². The van der Waals surface area contributed by atoms with Gasteiger partial charge in [-0.3, -0.25) is 0 Å². The molecule has 0 bridgehead atoms. The van der Waals surface area contributed by atoms with E-state index >= 15 is 0 Å². The number of aliphatic hydroxyl groups excluding tert-OH is 1. The highest BCUT2D eigenvalue weighted by Gasteiger charge is 2.29. The van der Waals surface area contributed by atoms with Crippen LogP contribution in [-0.2, 0) is 0 Å². The highest BCUT2D eigenvalue weighted by atomic mass is 16.5. The maximum atomic E-state index is 10.3. The molecule has 1 amide bonds. The first-order valence-electron chi connectivity index (χ1n) is 3.45. The van der Waals surface area contributed by atoms with Crippen molar-refractivity contribution in [2.45, 2.75) is 12.7 Å². The summed E-state index contributed by atoms with van der Waals surface area (Å²) in [6.07, 6.45) is -1.85. The van der Waals surface area contributed by atoms with Gasteiger partial charge < -0.3 is 20.2 Å². The summed E-state index contributed by atoms with van der Waals surface area (Å²) in [6.45, 7) is 0.630. The van der Waals surface area contributed by atoms with Gasteiger partial charge in [0, 0.05) is 19.0 Å². The minimum atomic E-state index is -1.39. The Morgan fingerprint density at radius 2 is 2.18 bits per heavy atom. The first-order valence-corrected chi connectivity index (χ1v) is 3.45. The van der Waals surface area contributed by atoms with Crippen molar-refractivity contribution in [1.29, 1.82) is 0 Å². The van der Waals surface area contributed by atoms with Crippen molar-refractivity contribution in [3.05, 3.63) is 0 Å². The summed E-state index contributed by atoms with van der Waals surface area (Å²) in [4.78, 5) is 11.5. The molecular weight excluding hydrogens is 150 g/mol. The molecule has 0 aliphatic carbocycles. The van der Waals surface area contributed by atoms with Gasteiger partial charge in [0.1, 0.15) is 0 Å². The summed E-state index contributed by atoms with van der Waals surface area (Å²) >= 11 is 0. The summed E-state index contributed by atoms with van der Waals surface area (Å²) in [5.41, 5.74) is 0. The topological polar surface area (TPSA) is 81.0 Å². The molecule has 0 aromatic rings. The molecule has 1 unspecified atom stereocenters. The Hall–Kier alpha value is -0.810. The van der Waals surface area contributed by atoms with Crippen molar-refractivity contribution in [2.75, 3.05) is 13.1 Å². The third kappa shape index (κ3) is 1.81. The van der Waals surface area contributed by atoms with Crippen LogP contribution in [0, 0.1) is 5.92 Å². The molecule has 0 radical (unpaired) electrons. The molecule has 5 nitrogen and oxygen atoms in total. The van der Waals surface area contributed by atoms with Gasteiger partial charge in [-0.25, -0.2) is 4.79 Å². The normalized spacial score (nSPS) is 24.6. The second-order valence-electron chi connectivity index (χ2n) is 2.69. The van der Waals surface area contributed by atoms with Crippen LogP contribution in [0.1, 0.15) is 6.42 Å². The monoisotopic (exact) mass is 161 g/mol. The Bertz CT molecular complexity index is 159. The predicted molar refractivity (Wildman–Crippen MR) is 35.9 cm³/mol. The predicted octanol–water partition coefficient (Wildman–Crippen LogP) is -0.703. The Morgan fingerprint density at radius 3 is 2.45 bits per heavy atom. The minimum Gasteiger partial charge on any atom is -0.465 e. The molecule has 1 heterocycles. The number of carboxylic acid groups (broad SMARTS) is 1. The average Bonchev–Trinajstić information content (AvgIpc) is 2.33. The van der Waals surface area contributed by atoms with Crippen molar-refractivity contribution >= 4 is 6.09 Å². The number of carbonyl (C=O) groups is 1. The zero-order valence-electron chi connectivity index (χ0n) is 5.97. The minimum absolute atomic E-state index is 0.229. The van der Waals surface area contributed by atoms with Crippen LogP contribution >= 0.6 is 0 Å². The van der Waals surface area contributed by atoms with Crippen LogP contribution in [0.4, 0.5) is 4.79 Å². The van der Waals surface area contributed by atoms with Gasteiger partial charge in [-0.05, 0) is 6.42 Å².